The second-order valence-corrected chi connectivity index (χ2v) is 6.11. The van der Waals surface area contributed by atoms with Crippen LogP contribution < -0.4 is 10.2 Å². The summed E-state index contributed by atoms with van der Waals surface area (Å²) in [6, 6.07) is 7.98. The maximum atomic E-state index is 12.3. The Morgan fingerprint density at radius 3 is 2.83 bits per heavy atom. The average Bonchev–Trinajstić information content (AvgIpc) is 3.26. The number of nitrogens with zero attached hydrogens (tertiary/aromatic N) is 3. The van der Waals surface area contributed by atoms with Crippen LogP contribution in [0.15, 0.2) is 28.8 Å². The Bertz CT molecular complexity index is 677. The summed E-state index contributed by atoms with van der Waals surface area (Å²) in [5.41, 5.74) is 1.98. The van der Waals surface area contributed by atoms with Gasteiger partial charge >= 0.3 is 0 Å². The summed E-state index contributed by atoms with van der Waals surface area (Å²) in [6.45, 7) is 4.17. The molecule has 1 saturated heterocycles. The van der Waals surface area contributed by atoms with Gasteiger partial charge in [-0.15, -0.1) is 0 Å². The van der Waals surface area contributed by atoms with E-state index >= 15 is 0 Å². The van der Waals surface area contributed by atoms with Crippen LogP contribution in [0, 0.1) is 0 Å². The summed E-state index contributed by atoms with van der Waals surface area (Å²) < 4.78 is 5.17. The lowest BCUT2D eigenvalue weighted by molar-refractivity contribution is -0.116. The van der Waals surface area contributed by atoms with Gasteiger partial charge < -0.3 is 14.7 Å². The zero-order valence-corrected chi connectivity index (χ0v) is 14.1. The zero-order valence-electron chi connectivity index (χ0n) is 14.1. The minimum absolute atomic E-state index is 0.0307. The number of para-hydroxylation sites is 2. The molecule has 0 atom stereocenters. The van der Waals surface area contributed by atoms with E-state index in [0.29, 0.717) is 24.6 Å². The van der Waals surface area contributed by atoms with E-state index in [1.54, 1.807) is 0 Å². The Hall–Kier alpha value is -2.37. The molecule has 3 rings (SSSR count). The molecule has 1 aromatic carbocycles. The average molecular weight is 328 g/mol. The number of hydrogen-bond acceptors (Lipinski definition) is 5. The molecule has 1 N–H and O–H groups in total. The normalized spacial score (nSPS) is 14.1. The first-order valence-corrected chi connectivity index (χ1v) is 8.71. The van der Waals surface area contributed by atoms with Crippen molar-refractivity contribution in [3.8, 4) is 0 Å². The van der Waals surface area contributed by atoms with E-state index in [4.69, 9.17) is 4.52 Å². The fourth-order valence-corrected chi connectivity index (χ4v) is 2.96. The van der Waals surface area contributed by atoms with Crippen molar-refractivity contribution in [2.45, 2.75) is 45.4 Å². The van der Waals surface area contributed by atoms with Gasteiger partial charge in [-0.2, -0.15) is 4.98 Å². The molecule has 128 valence electrons. The third-order valence-electron chi connectivity index (χ3n) is 4.17. The third kappa shape index (κ3) is 4.13. The van der Waals surface area contributed by atoms with Gasteiger partial charge in [0.25, 0.3) is 0 Å². The first-order valence-electron chi connectivity index (χ1n) is 8.71. The van der Waals surface area contributed by atoms with Gasteiger partial charge in [0.1, 0.15) is 0 Å². The molecular weight excluding hydrogens is 304 g/mol. The molecule has 2 aromatic rings. The number of aromatic nitrogens is 2. The highest BCUT2D eigenvalue weighted by Crippen LogP contribution is 2.28. The second-order valence-electron chi connectivity index (χ2n) is 6.11. The van der Waals surface area contributed by atoms with Crippen molar-refractivity contribution >= 4 is 17.3 Å². The number of carbonyl (C=O) groups excluding carboxylic acids is 1. The summed E-state index contributed by atoms with van der Waals surface area (Å²) >= 11 is 0. The standard InChI is InChI=1S/C18H24N4O2/c1-2-7-16-20-18(24-21-16)11-10-17(23)19-14-8-3-4-9-15(14)22-12-5-6-13-22/h3-4,8-9H,2,5-7,10-13H2,1H3,(H,19,23). The van der Waals surface area contributed by atoms with Crippen LogP contribution in [0.25, 0.3) is 0 Å². The molecule has 0 saturated carbocycles. The van der Waals surface area contributed by atoms with Crippen molar-refractivity contribution in [1.29, 1.82) is 0 Å². The molecule has 1 aliphatic heterocycles. The van der Waals surface area contributed by atoms with Gasteiger partial charge in [-0.1, -0.05) is 24.2 Å². The maximum absolute atomic E-state index is 12.3. The predicted octanol–water partition coefficient (Wildman–Crippen LogP) is 3.19. The van der Waals surface area contributed by atoms with E-state index < -0.39 is 0 Å². The quantitative estimate of drug-likeness (QED) is 0.845. The summed E-state index contributed by atoms with van der Waals surface area (Å²) in [6.07, 6.45) is 5.00. The molecule has 6 heteroatoms. The van der Waals surface area contributed by atoms with E-state index in [-0.39, 0.29) is 5.91 Å². The summed E-state index contributed by atoms with van der Waals surface area (Å²) in [4.78, 5) is 18.9. The van der Waals surface area contributed by atoms with Crippen LogP contribution in [-0.2, 0) is 17.6 Å². The van der Waals surface area contributed by atoms with Crippen LogP contribution in [0.4, 0.5) is 11.4 Å². The van der Waals surface area contributed by atoms with Crippen molar-refractivity contribution in [3.63, 3.8) is 0 Å². The molecule has 0 unspecified atom stereocenters. The van der Waals surface area contributed by atoms with E-state index in [1.807, 2.05) is 18.2 Å². The second kappa shape index (κ2) is 7.95. The zero-order chi connectivity index (χ0) is 16.8. The van der Waals surface area contributed by atoms with Crippen LogP contribution in [-0.4, -0.2) is 29.1 Å². The molecular formula is C18H24N4O2. The van der Waals surface area contributed by atoms with Gasteiger partial charge in [0.05, 0.1) is 11.4 Å². The lowest BCUT2D eigenvalue weighted by Gasteiger charge is -2.21. The van der Waals surface area contributed by atoms with Gasteiger partial charge in [0, 0.05) is 32.4 Å². The Balaban J connectivity index is 1.56. The van der Waals surface area contributed by atoms with E-state index in [1.165, 1.54) is 12.8 Å². The van der Waals surface area contributed by atoms with Gasteiger partial charge in [-0.05, 0) is 31.4 Å². The van der Waals surface area contributed by atoms with Crippen molar-refractivity contribution < 1.29 is 9.32 Å². The molecule has 0 spiro atoms. The van der Waals surface area contributed by atoms with Gasteiger partial charge in [0.15, 0.2) is 5.82 Å². The number of nitrogens with one attached hydrogen (secondary N) is 1. The molecule has 0 bridgehead atoms. The minimum atomic E-state index is -0.0307. The lowest BCUT2D eigenvalue weighted by Crippen LogP contribution is -2.21. The molecule has 6 nitrogen and oxygen atoms in total. The monoisotopic (exact) mass is 328 g/mol. The van der Waals surface area contributed by atoms with Crippen LogP contribution in [0.2, 0.25) is 0 Å². The maximum Gasteiger partial charge on any atom is 0.227 e. The van der Waals surface area contributed by atoms with Crippen LogP contribution in [0.5, 0.6) is 0 Å². The molecule has 0 radical (unpaired) electrons. The van der Waals surface area contributed by atoms with Crippen molar-refractivity contribution in [2.24, 2.45) is 0 Å². The molecule has 2 heterocycles. The Labute approximate surface area is 142 Å². The molecule has 1 amide bonds. The van der Waals surface area contributed by atoms with E-state index in [2.05, 4.69) is 33.3 Å². The van der Waals surface area contributed by atoms with Gasteiger partial charge in [0.2, 0.25) is 11.8 Å². The smallest absolute Gasteiger partial charge is 0.227 e. The molecule has 0 aliphatic carbocycles. The molecule has 1 aliphatic rings. The SMILES string of the molecule is CCCc1noc(CCC(=O)Nc2ccccc2N2CCCC2)n1. The first-order chi connectivity index (χ1) is 11.8. The third-order valence-corrected chi connectivity index (χ3v) is 4.17. The highest BCUT2D eigenvalue weighted by atomic mass is 16.5. The number of aryl methyl sites for hydroxylation is 2. The topological polar surface area (TPSA) is 71.3 Å². The molecule has 24 heavy (non-hydrogen) atoms. The van der Waals surface area contributed by atoms with Crippen LogP contribution in [0.3, 0.4) is 0 Å². The van der Waals surface area contributed by atoms with Crippen molar-refractivity contribution in [1.82, 2.24) is 10.1 Å². The van der Waals surface area contributed by atoms with Crippen LogP contribution in [0.1, 0.15) is 44.3 Å². The van der Waals surface area contributed by atoms with E-state index in [0.717, 1.165) is 37.3 Å². The van der Waals surface area contributed by atoms with Gasteiger partial charge in [-0.25, -0.2) is 0 Å². The number of benzene rings is 1. The fraction of sp³-hybridized carbons (Fsp3) is 0.500. The van der Waals surface area contributed by atoms with Gasteiger partial charge in [-0.3, -0.25) is 4.79 Å². The number of carbonyl (C=O) groups is 1. The van der Waals surface area contributed by atoms with Crippen molar-refractivity contribution in [2.75, 3.05) is 23.3 Å². The van der Waals surface area contributed by atoms with Crippen molar-refractivity contribution in [3.05, 3.63) is 36.0 Å². The summed E-state index contributed by atoms with van der Waals surface area (Å²) in [7, 11) is 0. The predicted molar refractivity (Wildman–Crippen MR) is 93.1 cm³/mol. The number of rotatable bonds is 7. The lowest BCUT2D eigenvalue weighted by atomic mass is 10.2. The fourth-order valence-electron chi connectivity index (χ4n) is 2.96. The minimum Gasteiger partial charge on any atom is -0.370 e. The largest absolute Gasteiger partial charge is 0.370 e. The number of anilines is 2. The Morgan fingerprint density at radius 1 is 1.25 bits per heavy atom. The van der Waals surface area contributed by atoms with E-state index in [9.17, 15) is 4.79 Å². The molecule has 1 aromatic heterocycles. The highest BCUT2D eigenvalue weighted by Gasteiger charge is 2.17. The Kier molecular flexibility index (Phi) is 5.46. The first kappa shape index (κ1) is 16.5. The number of amides is 1. The highest BCUT2D eigenvalue weighted by molar-refractivity contribution is 5.94. The van der Waals surface area contributed by atoms with Crippen LogP contribution >= 0.6 is 0 Å². The molecule has 1 fully saturated rings. The number of hydrogen-bond donors (Lipinski definition) is 1. The Morgan fingerprint density at radius 2 is 2.04 bits per heavy atom. The summed E-state index contributed by atoms with van der Waals surface area (Å²) in [5, 5.41) is 6.93. The summed E-state index contributed by atoms with van der Waals surface area (Å²) in [5.74, 6) is 1.21.